The number of furan rings is 1. The zero-order valence-corrected chi connectivity index (χ0v) is 10.5. The highest BCUT2D eigenvalue weighted by Crippen LogP contribution is 2.25. The Balaban J connectivity index is 2.16. The summed E-state index contributed by atoms with van der Waals surface area (Å²) in [6.07, 6.45) is 1.45. The minimum atomic E-state index is -1.17. The number of anilines is 1. The normalized spacial score (nSPS) is 10.2. The Labute approximate surface area is 113 Å². The van der Waals surface area contributed by atoms with Crippen LogP contribution >= 0.6 is 0 Å². The summed E-state index contributed by atoms with van der Waals surface area (Å²) in [6.45, 7) is 1.71. The van der Waals surface area contributed by atoms with E-state index in [9.17, 15) is 14.9 Å². The maximum absolute atomic E-state index is 11.0. The monoisotopic (exact) mass is 277 g/mol. The second kappa shape index (κ2) is 5.39. The van der Waals surface area contributed by atoms with E-state index in [1.807, 2.05) is 0 Å². The van der Waals surface area contributed by atoms with Gasteiger partial charge in [-0.2, -0.15) is 0 Å². The molecule has 0 amide bonds. The van der Waals surface area contributed by atoms with Gasteiger partial charge < -0.3 is 14.8 Å². The fourth-order valence-electron chi connectivity index (χ4n) is 1.67. The molecule has 0 fully saturated rings. The smallest absolute Gasteiger partial charge is 0.371 e. The van der Waals surface area contributed by atoms with Crippen molar-refractivity contribution in [3.63, 3.8) is 0 Å². The van der Waals surface area contributed by atoms with Crippen molar-refractivity contribution in [2.75, 3.05) is 5.32 Å². The van der Waals surface area contributed by atoms with Crippen LogP contribution in [0.4, 0.5) is 11.5 Å². The molecule has 0 aliphatic rings. The molecule has 2 heterocycles. The van der Waals surface area contributed by atoms with Gasteiger partial charge in [-0.15, -0.1) is 0 Å². The number of carboxylic acids is 1. The molecule has 0 unspecified atom stereocenters. The van der Waals surface area contributed by atoms with E-state index in [0.29, 0.717) is 11.3 Å². The number of nitro groups is 1. The highest BCUT2D eigenvalue weighted by atomic mass is 16.6. The van der Waals surface area contributed by atoms with Crippen molar-refractivity contribution < 1.29 is 19.2 Å². The summed E-state index contributed by atoms with van der Waals surface area (Å²) in [6, 6.07) is 4.34. The Morgan fingerprint density at radius 1 is 1.50 bits per heavy atom. The Morgan fingerprint density at radius 2 is 2.25 bits per heavy atom. The number of nitrogens with zero attached hydrogens (tertiary/aromatic N) is 2. The number of aromatic nitrogens is 1. The highest BCUT2D eigenvalue weighted by molar-refractivity contribution is 5.84. The van der Waals surface area contributed by atoms with E-state index in [-0.39, 0.29) is 23.8 Å². The van der Waals surface area contributed by atoms with E-state index in [1.54, 1.807) is 13.0 Å². The molecule has 104 valence electrons. The van der Waals surface area contributed by atoms with Gasteiger partial charge in [-0.3, -0.25) is 10.1 Å². The first-order chi connectivity index (χ1) is 9.49. The first-order valence-corrected chi connectivity index (χ1v) is 5.65. The van der Waals surface area contributed by atoms with Crippen LogP contribution in [0.15, 0.2) is 28.8 Å². The van der Waals surface area contributed by atoms with Crippen LogP contribution in [0.2, 0.25) is 0 Å². The number of hydrogen-bond donors (Lipinski definition) is 2. The molecule has 2 aromatic heterocycles. The molecule has 0 saturated carbocycles. The molecule has 2 N–H and O–H groups in total. The predicted octanol–water partition coefficient (Wildman–Crippen LogP) is 2.20. The summed E-state index contributed by atoms with van der Waals surface area (Å²) in [5.41, 5.74) is 0.371. The van der Waals surface area contributed by atoms with Gasteiger partial charge in [0.1, 0.15) is 5.76 Å². The third-order valence-corrected chi connectivity index (χ3v) is 2.61. The average molecular weight is 277 g/mol. The van der Waals surface area contributed by atoms with Gasteiger partial charge in [0.15, 0.2) is 0 Å². The molecule has 8 nitrogen and oxygen atoms in total. The molecule has 0 spiro atoms. The Kier molecular flexibility index (Phi) is 3.65. The summed E-state index contributed by atoms with van der Waals surface area (Å²) in [5, 5.41) is 22.5. The number of nitrogens with one attached hydrogen (secondary N) is 1. The van der Waals surface area contributed by atoms with Crippen molar-refractivity contribution in [3.05, 3.63) is 51.6 Å². The number of aromatic carboxylic acids is 1. The fourth-order valence-corrected chi connectivity index (χ4v) is 1.67. The second-order valence-electron chi connectivity index (χ2n) is 4.01. The van der Waals surface area contributed by atoms with E-state index >= 15 is 0 Å². The van der Waals surface area contributed by atoms with Gasteiger partial charge in [0, 0.05) is 11.8 Å². The number of carbonyl (C=O) groups is 1. The molecular formula is C12H11N3O5. The lowest BCUT2D eigenvalue weighted by molar-refractivity contribution is -0.384. The van der Waals surface area contributed by atoms with Crippen LogP contribution in [0, 0.1) is 17.0 Å². The molecule has 0 saturated heterocycles. The van der Waals surface area contributed by atoms with Crippen molar-refractivity contribution in [1.29, 1.82) is 0 Å². The quantitative estimate of drug-likeness (QED) is 0.635. The molecule has 2 aromatic rings. The van der Waals surface area contributed by atoms with Gasteiger partial charge in [-0.25, -0.2) is 9.78 Å². The fraction of sp³-hybridized carbons (Fsp3) is 0.167. The first kappa shape index (κ1) is 13.5. The molecule has 0 aliphatic heterocycles. The zero-order chi connectivity index (χ0) is 14.7. The van der Waals surface area contributed by atoms with E-state index < -0.39 is 10.9 Å². The average Bonchev–Trinajstić information content (AvgIpc) is 2.84. The van der Waals surface area contributed by atoms with Crippen LogP contribution in [0.1, 0.15) is 21.9 Å². The van der Waals surface area contributed by atoms with Crippen molar-refractivity contribution in [3.8, 4) is 0 Å². The topological polar surface area (TPSA) is 118 Å². The highest BCUT2D eigenvalue weighted by Gasteiger charge is 2.18. The van der Waals surface area contributed by atoms with Gasteiger partial charge >= 0.3 is 11.7 Å². The molecule has 0 radical (unpaired) electrons. The lowest BCUT2D eigenvalue weighted by atomic mass is 10.2. The maximum atomic E-state index is 11.0. The van der Waals surface area contributed by atoms with E-state index in [2.05, 4.69) is 10.3 Å². The van der Waals surface area contributed by atoms with E-state index in [0.717, 1.165) is 0 Å². The molecule has 0 atom stereocenters. The lowest BCUT2D eigenvalue weighted by Gasteiger charge is -2.05. The Hall–Kier alpha value is -2.90. The third kappa shape index (κ3) is 2.74. The minimum absolute atomic E-state index is 0.102. The van der Waals surface area contributed by atoms with Gasteiger partial charge in [0.25, 0.3) is 0 Å². The molecule has 0 bridgehead atoms. The minimum Gasteiger partial charge on any atom is -0.475 e. The molecule has 20 heavy (non-hydrogen) atoms. The lowest BCUT2D eigenvalue weighted by Crippen LogP contribution is -2.05. The van der Waals surface area contributed by atoms with Crippen LogP contribution < -0.4 is 5.32 Å². The number of aryl methyl sites for hydroxylation is 1. The van der Waals surface area contributed by atoms with Crippen LogP contribution in [0.5, 0.6) is 0 Å². The first-order valence-electron chi connectivity index (χ1n) is 5.65. The molecule has 8 heteroatoms. The number of hydrogen-bond acceptors (Lipinski definition) is 6. The van der Waals surface area contributed by atoms with Gasteiger partial charge in [0.2, 0.25) is 11.6 Å². The largest absolute Gasteiger partial charge is 0.475 e. The van der Waals surface area contributed by atoms with Gasteiger partial charge in [0.05, 0.1) is 11.5 Å². The molecular weight excluding hydrogens is 266 g/mol. The van der Waals surface area contributed by atoms with Gasteiger partial charge in [-0.05, 0) is 25.1 Å². The van der Waals surface area contributed by atoms with E-state index in [4.69, 9.17) is 9.52 Å². The van der Waals surface area contributed by atoms with Crippen LogP contribution in [0.25, 0.3) is 0 Å². The summed E-state index contributed by atoms with van der Waals surface area (Å²) in [4.78, 5) is 25.0. The van der Waals surface area contributed by atoms with Crippen molar-refractivity contribution in [1.82, 2.24) is 4.98 Å². The summed E-state index contributed by atoms with van der Waals surface area (Å²) in [5.74, 6) is -0.896. The third-order valence-electron chi connectivity index (χ3n) is 2.61. The van der Waals surface area contributed by atoms with Crippen LogP contribution in [-0.2, 0) is 6.54 Å². The van der Waals surface area contributed by atoms with Crippen LogP contribution in [0.3, 0.4) is 0 Å². The Bertz CT molecular complexity index is 665. The summed E-state index contributed by atoms with van der Waals surface area (Å²) < 4.78 is 5.04. The number of pyridine rings is 1. The Morgan fingerprint density at radius 3 is 2.85 bits per heavy atom. The summed E-state index contributed by atoms with van der Waals surface area (Å²) in [7, 11) is 0. The standard InChI is InChI=1S/C12H11N3O5/c1-7-4-5-13-11(10(7)15(18)19)14-6-8-2-3-9(20-8)12(16)17/h2-5H,6H2,1H3,(H,13,14)(H,16,17). The van der Waals surface area contributed by atoms with Crippen molar-refractivity contribution >= 4 is 17.5 Å². The zero-order valence-electron chi connectivity index (χ0n) is 10.5. The number of rotatable bonds is 5. The molecule has 2 rings (SSSR count). The molecule has 0 aliphatic carbocycles. The molecule has 0 aromatic carbocycles. The predicted molar refractivity (Wildman–Crippen MR) is 68.6 cm³/mol. The second-order valence-corrected chi connectivity index (χ2v) is 4.01. The maximum Gasteiger partial charge on any atom is 0.371 e. The summed E-state index contributed by atoms with van der Waals surface area (Å²) >= 11 is 0. The van der Waals surface area contributed by atoms with Gasteiger partial charge in [-0.1, -0.05) is 0 Å². The number of carboxylic acid groups (broad SMARTS) is 1. The van der Waals surface area contributed by atoms with Crippen LogP contribution in [-0.4, -0.2) is 21.0 Å². The SMILES string of the molecule is Cc1ccnc(NCc2ccc(C(=O)O)o2)c1[N+](=O)[O-]. The van der Waals surface area contributed by atoms with E-state index in [1.165, 1.54) is 18.3 Å². The van der Waals surface area contributed by atoms with Crippen molar-refractivity contribution in [2.45, 2.75) is 13.5 Å². The van der Waals surface area contributed by atoms with Crippen molar-refractivity contribution in [2.24, 2.45) is 0 Å².